The predicted molar refractivity (Wildman–Crippen MR) is 219 cm³/mol. The molecule has 3 N–H and O–H groups in total. The number of thioether (sulfide) groups is 1. The number of benzene rings is 2. The number of phenolic OH excluding ortho intramolecular Hbond substituents is 2. The Morgan fingerprint density at radius 3 is 2.56 bits per heavy atom. The number of amides is 2. The number of piperidine rings is 1. The number of pyridine rings is 1. The van der Waals surface area contributed by atoms with Crippen molar-refractivity contribution < 1.29 is 38.9 Å². The molecule has 12 nitrogen and oxygen atoms in total. The lowest BCUT2D eigenvalue weighted by Gasteiger charge is -2.43. The van der Waals surface area contributed by atoms with E-state index >= 15 is 0 Å². The van der Waals surface area contributed by atoms with Crippen LogP contribution in [-0.2, 0) is 25.7 Å². The van der Waals surface area contributed by atoms with Crippen LogP contribution >= 0.6 is 11.8 Å². The molecule has 5 atom stereocenters. The number of aromatic hydroxyl groups is 2. The molecule has 0 saturated carbocycles. The van der Waals surface area contributed by atoms with Crippen molar-refractivity contribution in [2.24, 2.45) is 5.92 Å². The number of fused-ring (bicyclic) bond motifs is 5. The van der Waals surface area contributed by atoms with Gasteiger partial charge in [0.25, 0.3) is 5.56 Å². The van der Waals surface area contributed by atoms with Crippen LogP contribution in [-0.4, -0.2) is 87.6 Å². The number of aromatic nitrogens is 1. The Bertz CT molecular complexity index is 2050. The van der Waals surface area contributed by atoms with E-state index in [2.05, 4.69) is 5.32 Å². The minimum atomic E-state index is -0.949. The molecule has 3 aliphatic heterocycles. The number of Topliss-reactive ketones (excluding diaryl/α,β-unsaturated/α-hetero) is 1. The van der Waals surface area contributed by atoms with E-state index < -0.39 is 35.7 Å². The molecule has 1 aromatic heterocycles. The van der Waals surface area contributed by atoms with Crippen LogP contribution in [0.25, 0.3) is 6.08 Å². The highest BCUT2D eigenvalue weighted by atomic mass is 32.2. The van der Waals surface area contributed by atoms with E-state index in [1.54, 1.807) is 67.2 Å². The number of phenols is 2. The first-order valence-corrected chi connectivity index (χ1v) is 21.3. The average Bonchev–Trinajstić information content (AvgIpc) is 3.18. The number of nitrogens with zero attached hydrogens (tertiary/aromatic N) is 2. The third-order valence-electron chi connectivity index (χ3n) is 11.3. The smallest absolute Gasteiger partial charge is 0.342 e. The number of cyclic esters (lactones) is 1. The molecule has 4 heterocycles. The Morgan fingerprint density at radius 2 is 1.81 bits per heavy atom. The zero-order valence-corrected chi connectivity index (χ0v) is 33.7. The molecule has 0 spiro atoms. The number of ether oxygens (including phenoxy) is 2. The number of hydrogen-bond donors (Lipinski definition) is 3. The number of nitrogens with one attached hydrogen (secondary N) is 1. The van der Waals surface area contributed by atoms with Gasteiger partial charge in [-0.25, -0.2) is 4.79 Å². The van der Waals surface area contributed by atoms with E-state index in [0.717, 1.165) is 12.1 Å². The third-order valence-corrected chi connectivity index (χ3v) is 12.0. The van der Waals surface area contributed by atoms with Gasteiger partial charge >= 0.3 is 5.97 Å². The van der Waals surface area contributed by atoms with Gasteiger partial charge in [-0.15, -0.1) is 0 Å². The third kappa shape index (κ3) is 9.92. The Labute approximate surface area is 337 Å². The Balaban J connectivity index is 1.31. The SMILES string of the molecule is COc1ccc(C(CC(=O)N[C@@H](CCSC)C(=O)N2C[C@H]3C[C@@H](C2)c2cccc(=O)n2C3)c2c(O)cc3c(c2O)C(=O)O[C@@H](C)CCCC(=O)CCC/C=C/3)cc1. The summed E-state index contributed by atoms with van der Waals surface area (Å²) in [5, 5.41) is 26.6. The largest absolute Gasteiger partial charge is 0.507 e. The number of rotatable bonds is 10. The fourth-order valence-electron chi connectivity index (χ4n) is 8.47. The summed E-state index contributed by atoms with van der Waals surface area (Å²) in [5.74, 6) is -1.76. The topological polar surface area (TPSA) is 164 Å². The minimum absolute atomic E-state index is 0.0142. The van der Waals surface area contributed by atoms with Gasteiger partial charge in [0.1, 0.15) is 34.6 Å². The molecule has 3 aromatic rings. The van der Waals surface area contributed by atoms with Gasteiger partial charge in [0.05, 0.1) is 13.2 Å². The molecule has 0 aliphatic carbocycles. The van der Waals surface area contributed by atoms with E-state index in [0.29, 0.717) is 81.6 Å². The second-order valence-electron chi connectivity index (χ2n) is 15.4. The second kappa shape index (κ2) is 18.9. The molecule has 2 amide bonds. The maximum atomic E-state index is 14.3. The molecule has 304 valence electrons. The van der Waals surface area contributed by atoms with Crippen LogP contribution in [0.5, 0.6) is 17.2 Å². The van der Waals surface area contributed by atoms with Crippen molar-refractivity contribution in [1.82, 2.24) is 14.8 Å². The average molecular weight is 800 g/mol. The highest BCUT2D eigenvalue weighted by molar-refractivity contribution is 7.98. The maximum Gasteiger partial charge on any atom is 0.342 e. The first-order chi connectivity index (χ1) is 27.5. The van der Waals surface area contributed by atoms with Crippen LogP contribution in [0.15, 0.2) is 59.4 Å². The van der Waals surface area contributed by atoms with Crippen molar-refractivity contribution >= 4 is 41.4 Å². The molecule has 6 rings (SSSR count). The van der Waals surface area contributed by atoms with Gasteiger partial charge in [-0.3, -0.25) is 19.2 Å². The number of methoxy groups -OCH3 is 1. The van der Waals surface area contributed by atoms with Crippen LogP contribution in [0, 0.1) is 5.92 Å². The summed E-state index contributed by atoms with van der Waals surface area (Å²) >= 11 is 1.57. The molecular formula is C44H53N3O9S. The van der Waals surface area contributed by atoms with Gasteiger partial charge in [-0.1, -0.05) is 30.4 Å². The minimum Gasteiger partial charge on any atom is -0.507 e. The lowest BCUT2D eigenvalue weighted by Crippen LogP contribution is -2.55. The summed E-state index contributed by atoms with van der Waals surface area (Å²) in [6, 6.07) is 12.7. The van der Waals surface area contributed by atoms with Gasteiger partial charge in [0.15, 0.2) is 0 Å². The van der Waals surface area contributed by atoms with Crippen molar-refractivity contribution in [2.75, 3.05) is 32.2 Å². The summed E-state index contributed by atoms with van der Waals surface area (Å²) in [4.78, 5) is 68.9. The number of esters is 1. The first-order valence-electron chi connectivity index (χ1n) is 19.9. The van der Waals surface area contributed by atoms with E-state index in [-0.39, 0.29) is 57.9 Å². The van der Waals surface area contributed by atoms with Crippen LogP contribution in [0.3, 0.4) is 0 Å². The van der Waals surface area contributed by atoms with E-state index in [1.807, 2.05) is 21.8 Å². The van der Waals surface area contributed by atoms with Gasteiger partial charge in [0, 0.05) is 68.1 Å². The lowest BCUT2D eigenvalue weighted by atomic mass is 9.83. The number of allylic oxidation sites excluding steroid dienone is 1. The van der Waals surface area contributed by atoms with Crippen molar-refractivity contribution in [1.29, 1.82) is 0 Å². The zero-order valence-electron chi connectivity index (χ0n) is 32.9. The highest BCUT2D eigenvalue weighted by Gasteiger charge is 2.39. The zero-order chi connectivity index (χ0) is 40.6. The molecule has 1 unspecified atom stereocenters. The molecular weight excluding hydrogens is 747 g/mol. The number of carbonyl (C=O) groups is 4. The van der Waals surface area contributed by atoms with E-state index in [4.69, 9.17) is 9.47 Å². The molecule has 2 bridgehead atoms. The molecule has 2 aromatic carbocycles. The number of likely N-dealkylation sites (tertiary alicyclic amines) is 1. The van der Waals surface area contributed by atoms with Crippen molar-refractivity contribution in [2.45, 2.75) is 95.2 Å². The summed E-state index contributed by atoms with van der Waals surface area (Å²) in [7, 11) is 1.53. The normalized spacial score (nSPS) is 21.5. The second-order valence-corrected chi connectivity index (χ2v) is 16.4. The molecule has 57 heavy (non-hydrogen) atoms. The first kappa shape index (κ1) is 41.6. The van der Waals surface area contributed by atoms with Gasteiger partial charge in [-0.2, -0.15) is 11.8 Å². The van der Waals surface area contributed by atoms with Gasteiger partial charge in [0.2, 0.25) is 11.8 Å². The predicted octanol–water partition coefficient (Wildman–Crippen LogP) is 6.16. The summed E-state index contributed by atoms with van der Waals surface area (Å²) in [6.45, 7) is 3.20. The fourth-order valence-corrected chi connectivity index (χ4v) is 8.94. The van der Waals surface area contributed by atoms with Crippen molar-refractivity contribution in [3.8, 4) is 17.2 Å². The number of carbonyl (C=O) groups excluding carboxylic acids is 4. The summed E-state index contributed by atoms with van der Waals surface area (Å²) < 4.78 is 13.0. The standard InChI is InChI=1S/C44H53N3O9S/c1-27-9-7-12-32(48)11-6-4-5-10-30-22-37(49)41(42(52)40(30)44(54)56-27)34(29-15-17-33(55-2)18-16-29)23-38(50)45-35(19-20-57-3)43(53)46-24-28-21-31(26-46)36-13-8-14-39(51)47(36)25-28/h5,8,10,13-18,22,27-28,31,34-35,49,52H,4,6-7,9,11-12,19-21,23-26H2,1-3H3,(H,45,50)/b10-5+/t27-,28+,31-,34?,35-/m0/s1. The van der Waals surface area contributed by atoms with Crippen LogP contribution in [0.2, 0.25) is 0 Å². The highest BCUT2D eigenvalue weighted by Crippen LogP contribution is 2.44. The molecule has 0 radical (unpaired) electrons. The lowest BCUT2D eigenvalue weighted by molar-refractivity contribution is -0.139. The van der Waals surface area contributed by atoms with Gasteiger partial charge in [-0.05, 0) is 98.8 Å². The van der Waals surface area contributed by atoms with Crippen LogP contribution in [0.1, 0.15) is 109 Å². The van der Waals surface area contributed by atoms with Crippen molar-refractivity contribution in [3.05, 3.63) is 92.9 Å². The number of hydrogen-bond acceptors (Lipinski definition) is 10. The molecule has 1 fully saturated rings. The quantitative estimate of drug-likeness (QED) is 0.203. The van der Waals surface area contributed by atoms with E-state index in [9.17, 15) is 34.2 Å². The summed E-state index contributed by atoms with van der Waals surface area (Å²) in [5.41, 5.74) is 1.53. The summed E-state index contributed by atoms with van der Waals surface area (Å²) in [6.07, 6.45) is 8.86. The molecule has 3 aliphatic rings. The Kier molecular flexibility index (Phi) is 13.8. The fraction of sp³-hybridized carbons (Fsp3) is 0.477. The maximum absolute atomic E-state index is 14.3. The molecule has 1 saturated heterocycles. The van der Waals surface area contributed by atoms with Crippen molar-refractivity contribution in [3.63, 3.8) is 0 Å². The van der Waals surface area contributed by atoms with Crippen LogP contribution in [0.4, 0.5) is 0 Å². The van der Waals surface area contributed by atoms with Crippen LogP contribution < -0.4 is 15.6 Å². The molecule has 13 heteroatoms. The number of ketones is 1. The Morgan fingerprint density at radius 1 is 1.04 bits per heavy atom. The van der Waals surface area contributed by atoms with E-state index in [1.165, 1.54) is 13.2 Å². The monoisotopic (exact) mass is 799 g/mol. The van der Waals surface area contributed by atoms with Gasteiger partial charge < -0.3 is 34.5 Å². The Hall–Kier alpha value is -5.04.